The molecule has 1 aromatic heterocycles. The first-order chi connectivity index (χ1) is 11.2. The SMILES string of the molecule is CC[C@H](NCc1cc(Cl)c2c(c1)OCCCO2)c1nccn1C. The highest BCUT2D eigenvalue weighted by molar-refractivity contribution is 6.32. The molecule has 0 saturated heterocycles. The lowest BCUT2D eigenvalue weighted by Crippen LogP contribution is -2.23. The minimum atomic E-state index is 0.199. The summed E-state index contributed by atoms with van der Waals surface area (Å²) in [6.45, 7) is 4.14. The van der Waals surface area contributed by atoms with Gasteiger partial charge < -0.3 is 19.4 Å². The van der Waals surface area contributed by atoms with Crippen molar-refractivity contribution in [3.05, 3.63) is 40.9 Å². The van der Waals surface area contributed by atoms with Crippen LogP contribution in [0.1, 0.15) is 37.2 Å². The Morgan fingerprint density at radius 2 is 2.17 bits per heavy atom. The highest BCUT2D eigenvalue weighted by atomic mass is 35.5. The van der Waals surface area contributed by atoms with E-state index in [1.54, 1.807) is 0 Å². The molecule has 0 unspecified atom stereocenters. The van der Waals surface area contributed by atoms with Crippen molar-refractivity contribution in [3.8, 4) is 11.5 Å². The zero-order chi connectivity index (χ0) is 16.2. The van der Waals surface area contributed by atoms with Gasteiger partial charge in [0.2, 0.25) is 0 Å². The predicted molar refractivity (Wildman–Crippen MR) is 90.1 cm³/mol. The zero-order valence-electron chi connectivity index (χ0n) is 13.5. The molecule has 3 rings (SSSR count). The Balaban J connectivity index is 1.74. The van der Waals surface area contributed by atoms with Gasteiger partial charge in [0, 0.05) is 32.4 Å². The maximum atomic E-state index is 6.34. The average molecular weight is 336 g/mol. The fourth-order valence-corrected chi connectivity index (χ4v) is 3.05. The van der Waals surface area contributed by atoms with Gasteiger partial charge in [-0.3, -0.25) is 0 Å². The topological polar surface area (TPSA) is 48.3 Å². The highest BCUT2D eigenvalue weighted by Crippen LogP contribution is 2.38. The van der Waals surface area contributed by atoms with E-state index in [2.05, 4.69) is 17.2 Å². The van der Waals surface area contributed by atoms with Crippen molar-refractivity contribution < 1.29 is 9.47 Å². The Bertz CT molecular complexity index is 672. The van der Waals surface area contributed by atoms with E-state index in [1.807, 2.05) is 36.1 Å². The number of hydrogen-bond donors (Lipinski definition) is 1. The highest BCUT2D eigenvalue weighted by Gasteiger charge is 2.17. The summed E-state index contributed by atoms with van der Waals surface area (Å²) in [5, 5.41) is 4.14. The van der Waals surface area contributed by atoms with Gasteiger partial charge in [0.25, 0.3) is 0 Å². The van der Waals surface area contributed by atoms with Crippen molar-refractivity contribution in [2.45, 2.75) is 32.4 Å². The minimum Gasteiger partial charge on any atom is -0.489 e. The summed E-state index contributed by atoms with van der Waals surface area (Å²) in [7, 11) is 2.01. The first kappa shape index (κ1) is 16.1. The van der Waals surface area contributed by atoms with E-state index in [9.17, 15) is 0 Å². The largest absolute Gasteiger partial charge is 0.489 e. The van der Waals surface area contributed by atoms with Crippen LogP contribution >= 0.6 is 11.6 Å². The summed E-state index contributed by atoms with van der Waals surface area (Å²) in [4.78, 5) is 4.43. The molecule has 0 bridgehead atoms. The molecular weight excluding hydrogens is 314 g/mol. The molecule has 0 aliphatic carbocycles. The Kier molecular flexibility index (Phi) is 5.08. The smallest absolute Gasteiger partial charge is 0.179 e. The predicted octanol–water partition coefficient (Wildman–Crippen LogP) is 3.48. The first-order valence-corrected chi connectivity index (χ1v) is 8.35. The molecule has 2 aromatic rings. The maximum Gasteiger partial charge on any atom is 0.179 e. The molecule has 0 radical (unpaired) electrons. The number of aromatic nitrogens is 2. The second kappa shape index (κ2) is 7.23. The molecule has 1 aromatic carbocycles. The van der Waals surface area contributed by atoms with E-state index in [4.69, 9.17) is 21.1 Å². The summed E-state index contributed by atoms with van der Waals surface area (Å²) in [5.41, 5.74) is 1.08. The summed E-state index contributed by atoms with van der Waals surface area (Å²) < 4.78 is 13.4. The fourth-order valence-electron chi connectivity index (χ4n) is 2.76. The third-order valence-corrected chi connectivity index (χ3v) is 4.27. The molecule has 0 spiro atoms. The zero-order valence-corrected chi connectivity index (χ0v) is 14.3. The molecule has 2 heterocycles. The van der Waals surface area contributed by atoms with Crippen LogP contribution in [0.2, 0.25) is 5.02 Å². The van der Waals surface area contributed by atoms with Crippen LogP contribution in [0.4, 0.5) is 0 Å². The van der Waals surface area contributed by atoms with Crippen LogP contribution in [-0.2, 0) is 13.6 Å². The molecule has 1 aliphatic rings. The molecule has 1 N–H and O–H groups in total. The molecule has 5 nitrogen and oxygen atoms in total. The lowest BCUT2D eigenvalue weighted by molar-refractivity contribution is 0.297. The molecule has 6 heteroatoms. The number of rotatable bonds is 5. The normalized spacial score (nSPS) is 15.3. The van der Waals surface area contributed by atoms with Gasteiger partial charge in [-0.05, 0) is 24.1 Å². The first-order valence-electron chi connectivity index (χ1n) is 7.97. The van der Waals surface area contributed by atoms with Gasteiger partial charge in [-0.25, -0.2) is 4.98 Å². The average Bonchev–Trinajstić information content (AvgIpc) is 2.82. The molecule has 0 fully saturated rings. The second-order valence-corrected chi connectivity index (χ2v) is 6.10. The summed E-state index contributed by atoms with van der Waals surface area (Å²) in [6, 6.07) is 4.14. The van der Waals surface area contributed by atoms with Crippen LogP contribution in [-0.4, -0.2) is 22.8 Å². The van der Waals surface area contributed by atoms with E-state index in [0.717, 1.165) is 30.0 Å². The molecule has 0 saturated carbocycles. The molecule has 0 amide bonds. The lowest BCUT2D eigenvalue weighted by Gasteiger charge is -2.18. The number of nitrogens with zero attached hydrogens (tertiary/aromatic N) is 2. The van der Waals surface area contributed by atoms with Crippen LogP contribution in [0.3, 0.4) is 0 Å². The van der Waals surface area contributed by atoms with Crippen molar-refractivity contribution in [1.82, 2.24) is 14.9 Å². The number of ether oxygens (including phenoxy) is 2. The molecule has 23 heavy (non-hydrogen) atoms. The summed E-state index contributed by atoms with van der Waals surface area (Å²) in [6.07, 6.45) is 5.62. The third-order valence-electron chi connectivity index (χ3n) is 3.99. The lowest BCUT2D eigenvalue weighted by atomic mass is 10.1. The number of nitrogens with one attached hydrogen (secondary N) is 1. The Labute approximate surface area is 141 Å². The Morgan fingerprint density at radius 1 is 1.35 bits per heavy atom. The van der Waals surface area contributed by atoms with E-state index in [0.29, 0.717) is 30.5 Å². The fraction of sp³-hybridized carbons (Fsp3) is 0.471. The van der Waals surface area contributed by atoms with E-state index >= 15 is 0 Å². The van der Waals surface area contributed by atoms with Crippen molar-refractivity contribution in [2.75, 3.05) is 13.2 Å². The number of halogens is 1. The molecule has 124 valence electrons. The second-order valence-electron chi connectivity index (χ2n) is 5.69. The molecule has 1 aliphatic heterocycles. The summed E-state index contributed by atoms with van der Waals surface area (Å²) in [5.74, 6) is 2.42. The number of aryl methyl sites for hydroxylation is 1. The van der Waals surface area contributed by atoms with Gasteiger partial charge in [-0.1, -0.05) is 18.5 Å². The standard InChI is InChI=1S/C17H22ClN3O2/c1-3-14(17-19-5-6-21(17)2)20-11-12-9-13(18)16-15(10-12)22-7-4-8-23-16/h5-6,9-10,14,20H,3-4,7-8,11H2,1-2H3/t14-/m0/s1. The van der Waals surface area contributed by atoms with Crippen molar-refractivity contribution in [3.63, 3.8) is 0 Å². The molecule has 1 atom stereocenters. The van der Waals surface area contributed by atoms with E-state index in [-0.39, 0.29) is 6.04 Å². The Hall–Kier alpha value is -1.72. The van der Waals surface area contributed by atoms with Gasteiger partial charge in [0.15, 0.2) is 11.5 Å². The number of hydrogen-bond acceptors (Lipinski definition) is 4. The third kappa shape index (κ3) is 3.62. The number of benzene rings is 1. The van der Waals surface area contributed by atoms with E-state index in [1.165, 1.54) is 0 Å². The van der Waals surface area contributed by atoms with Gasteiger partial charge >= 0.3 is 0 Å². The minimum absolute atomic E-state index is 0.199. The van der Waals surface area contributed by atoms with E-state index < -0.39 is 0 Å². The van der Waals surface area contributed by atoms with Gasteiger partial charge in [0.05, 0.1) is 24.3 Å². The van der Waals surface area contributed by atoms with Crippen LogP contribution < -0.4 is 14.8 Å². The van der Waals surface area contributed by atoms with Crippen molar-refractivity contribution in [1.29, 1.82) is 0 Å². The Morgan fingerprint density at radius 3 is 2.91 bits per heavy atom. The van der Waals surface area contributed by atoms with Crippen molar-refractivity contribution >= 4 is 11.6 Å². The molecular formula is C17H22ClN3O2. The van der Waals surface area contributed by atoms with Gasteiger partial charge in [-0.2, -0.15) is 0 Å². The van der Waals surface area contributed by atoms with Crippen LogP contribution in [0.15, 0.2) is 24.5 Å². The van der Waals surface area contributed by atoms with Gasteiger partial charge in [0.1, 0.15) is 5.82 Å². The summed E-state index contributed by atoms with van der Waals surface area (Å²) >= 11 is 6.34. The maximum absolute atomic E-state index is 6.34. The van der Waals surface area contributed by atoms with Crippen LogP contribution in [0, 0.1) is 0 Å². The van der Waals surface area contributed by atoms with Crippen molar-refractivity contribution in [2.24, 2.45) is 7.05 Å². The van der Waals surface area contributed by atoms with Gasteiger partial charge in [-0.15, -0.1) is 0 Å². The monoisotopic (exact) mass is 335 g/mol. The number of fused-ring (bicyclic) bond motifs is 1. The number of imidazole rings is 1. The van der Waals surface area contributed by atoms with Crippen LogP contribution in [0.25, 0.3) is 0 Å². The van der Waals surface area contributed by atoms with Crippen LogP contribution in [0.5, 0.6) is 11.5 Å². The quantitative estimate of drug-likeness (QED) is 0.908.